The normalized spacial score (nSPS) is 26.3. The third-order valence-electron chi connectivity index (χ3n) is 7.99. The van der Waals surface area contributed by atoms with Gasteiger partial charge in [-0.1, -0.05) is 22.9 Å². The van der Waals surface area contributed by atoms with E-state index in [0.29, 0.717) is 6.04 Å². The minimum Gasteiger partial charge on any atom is -0.307 e. The van der Waals surface area contributed by atoms with Crippen LogP contribution in [0.2, 0.25) is 0 Å². The molecular formula is C25H33N5O2S. The Kier molecular flexibility index (Phi) is 5.96. The van der Waals surface area contributed by atoms with Crippen molar-refractivity contribution >= 4 is 21.6 Å². The van der Waals surface area contributed by atoms with Crippen LogP contribution in [0.4, 0.5) is 10.5 Å². The minimum atomic E-state index is -3.36. The van der Waals surface area contributed by atoms with E-state index in [0.717, 1.165) is 63.6 Å². The van der Waals surface area contributed by atoms with Crippen LogP contribution in [-0.4, -0.2) is 33.3 Å². The molecule has 1 heterocycles. The van der Waals surface area contributed by atoms with E-state index in [-0.39, 0.29) is 5.54 Å². The van der Waals surface area contributed by atoms with E-state index in [1.54, 1.807) is 6.19 Å². The Bertz CT molecular complexity index is 1120. The van der Waals surface area contributed by atoms with E-state index in [4.69, 9.17) is 0 Å². The van der Waals surface area contributed by atoms with Crippen molar-refractivity contribution in [3.63, 3.8) is 0 Å². The second kappa shape index (κ2) is 8.77. The first kappa shape index (κ1) is 22.4. The molecule has 1 saturated carbocycles. The monoisotopic (exact) mass is 467 g/mol. The first-order chi connectivity index (χ1) is 15.9. The lowest BCUT2D eigenvalue weighted by Gasteiger charge is -2.43. The Hall–Kier alpha value is -2.37. The lowest BCUT2D eigenvalue weighted by molar-refractivity contribution is 0.0834. The van der Waals surface area contributed by atoms with Crippen LogP contribution in [-0.2, 0) is 35.6 Å². The highest BCUT2D eigenvalue weighted by molar-refractivity contribution is 7.95. The van der Waals surface area contributed by atoms with E-state index in [1.807, 2.05) is 6.08 Å². The Morgan fingerprint density at radius 1 is 1.18 bits per heavy atom. The molecule has 0 radical (unpaired) electrons. The van der Waals surface area contributed by atoms with E-state index < -0.39 is 15.9 Å². The van der Waals surface area contributed by atoms with Crippen LogP contribution >= 0.6 is 0 Å². The van der Waals surface area contributed by atoms with Gasteiger partial charge in [-0.2, -0.15) is 5.26 Å². The number of nitrogens with zero attached hydrogens (tertiary/aromatic N) is 3. The molecule has 1 aromatic rings. The fourth-order valence-electron chi connectivity index (χ4n) is 6.11. The van der Waals surface area contributed by atoms with Gasteiger partial charge in [-0.3, -0.25) is 4.90 Å². The molecule has 33 heavy (non-hydrogen) atoms. The second-order valence-electron chi connectivity index (χ2n) is 10.1. The molecule has 2 atom stereocenters. The van der Waals surface area contributed by atoms with Crippen LogP contribution in [0, 0.1) is 11.5 Å². The molecule has 0 spiro atoms. The summed E-state index contributed by atoms with van der Waals surface area (Å²) < 4.78 is 19.6. The van der Waals surface area contributed by atoms with E-state index in [2.05, 4.69) is 32.3 Å². The number of benzene rings is 1. The van der Waals surface area contributed by atoms with Crippen molar-refractivity contribution in [2.24, 2.45) is 4.36 Å². The third-order valence-corrected chi connectivity index (χ3v) is 9.33. The van der Waals surface area contributed by atoms with Crippen LogP contribution in [0.1, 0.15) is 74.1 Å². The maximum Gasteiger partial charge on any atom is 0.331 e. The Morgan fingerprint density at radius 3 is 2.48 bits per heavy atom. The predicted molar refractivity (Wildman–Crippen MR) is 130 cm³/mol. The molecule has 1 unspecified atom stereocenters. The number of hydrogen-bond donors (Lipinski definition) is 2. The molecular weight excluding hydrogens is 434 g/mol. The average molecular weight is 468 g/mol. The van der Waals surface area contributed by atoms with Gasteiger partial charge in [-0.25, -0.2) is 13.7 Å². The van der Waals surface area contributed by atoms with Crippen LogP contribution in [0.25, 0.3) is 0 Å². The number of likely N-dealkylation sites (tertiary alicyclic amines) is 1. The number of carbonyl (C=O) groups is 1. The van der Waals surface area contributed by atoms with Crippen molar-refractivity contribution < 1.29 is 9.00 Å². The molecule has 176 valence electrons. The molecule has 2 fully saturated rings. The number of hydrogen-bond acceptors (Lipinski definition) is 5. The number of urea groups is 1. The summed E-state index contributed by atoms with van der Waals surface area (Å²) in [6.45, 7) is 3.18. The molecule has 1 saturated heterocycles. The summed E-state index contributed by atoms with van der Waals surface area (Å²) in [4.78, 5) is 15.5. The summed E-state index contributed by atoms with van der Waals surface area (Å²) >= 11 is 0. The summed E-state index contributed by atoms with van der Waals surface area (Å²) in [6.07, 6.45) is 15.4. The zero-order chi connectivity index (χ0) is 23.1. The molecule has 4 aliphatic rings. The van der Waals surface area contributed by atoms with Crippen molar-refractivity contribution in [1.82, 2.24) is 9.62 Å². The second-order valence-corrected chi connectivity index (χ2v) is 11.9. The number of fused-ring (bicyclic) bond motifs is 2. The third kappa shape index (κ3) is 4.29. The number of aryl methyl sites for hydroxylation is 2. The fourth-order valence-corrected chi connectivity index (χ4v) is 7.20. The lowest BCUT2D eigenvalue weighted by Crippen LogP contribution is -2.49. The van der Waals surface area contributed by atoms with E-state index in [1.165, 1.54) is 46.9 Å². The molecule has 3 aliphatic carbocycles. The van der Waals surface area contributed by atoms with Crippen molar-refractivity contribution in [3.05, 3.63) is 39.8 Å². The standard InChI is InChI=1S/C25H33N5O2S/c1-25(12-5-14-30(25)20-8-4-9-20)13-15-33(32,27-17-26)29-24(31)28-23-21-10-2-6-18(21)16-19-7-3-11-22(19)23/h13,15-16,20H,2-12,14H2,1H3,(H2,27,28,29,31,32)/b15-13+/t25-,33?/m0/s1. The van der Waals surface area contributed by atoms with Gasteiger partial charge in [0.15, 0.2) is 9.92 Å². The van der Waals surface area contributed by atoms with Crippen molar-refractivity contribution in [1.29, 1.82) is 5.26 Å². The lowest BCUT2D eigenvalue weighted by atomic mass is 9.88. The van der Waals surface area contributed by atoms with Crippen molar-refractivity contribution in [2.45, 2.75) is 89.1 Å². The first-order valence-electron chi connectivity index (χ1n) is 12.3. The molecule has 0 bridgehead atoms. The van der Waals surface area contributed by atoms with Gasteiger partial charge >= 0.3 is 6.03 Å². The first-order valence-corrected chi connectivity index (χ1v) is 13.9. The van der Waals surface area contributed by atoms with Crippen LogP contribution in [0.3, 0.4) is 0 Å². The number of rotatable bonds is 5. The summed E-state index contributed by atoms with van der Waals surface area (Å²) in [5.74, 6) is 0. The number of carbonyl (C=O) groups excluding carboxylic acids is 1. The van der Waals surface area contributed by atoms with E-state index in [9.17, 15) is 14.3 Å². The Labute approximate surface area is 196 Å². The van der Waals surface area contributed by atoms with Gasteiger partial charge in [-0.05, 0) is 99.9 Å². The van der Waals surface area contributed by atoms with Crippen LogP contribution in [0.5, 0.6) is 0 Å². The SMILES string of the molecule is C[C@@]1(/C=C/S(=O)(=NC#N)NC(=O)Nc2c3c(cc4c2CCC4)CCC3)CCCN1C1CCC1. The molecule has 7 nitrogen and oxygen atoms in total. The highest BCUT2D eigenvalue weighted by Crippen LogP contribution is 2.39. The number of nitriles is 1. The quantitative estimate of drug-likeness (QED) is 0.620. The van der Waals surface area contributed by atoms with Crippen molar-refractivity contribution in [3.8, 4) is 6.19 Å². The van der Waals surface area contributed by atoms with E-state index >= 15 is 0 Å². The predicted octanol–water partition coefficient (Wildman–Crippen LogP) is 4.57. The largest absolute Gasteiger partial charge is 0.331 e. The highest BCUT2D eigenvalue weighted by Gasteiger charge is 2.40. The van der Waals surface area contributed by atoms with Crippen LogP contribution < -0.4 is 10.0 Å². The van der Waals surface area contributed by atoms with Gasteiger partial charge in [0, 0.05) is 22.7 Å². The van der Waals surface area contributed by atoms with Gasteiger partial charge in [0.25, 0.3) is 0 Å². The maximum absolute atomic E-state index is 13.4. The average Bonchev–Trinajstić information content (AvgIpc) is 3.46. The molecule has 2 N–H and O–H groups in total. The van der Waals surface area contributed by atoms with Crippen LogP contribution in [0.15, 0.2) is 21.9 Å². The van der Waals surface area contributed by atoms with Gasteiger partial charge in [0.05, 0.1) is 0 Å². The summed E-state index contributed by atoms with van der Waals surface area (Å²) in [5, 5.41) is 13.6. The van der Waals surface area contributed by atoms with Gasteiger partial charge in [-0.15, -0.1) is 0 Å². The topological polar surface area (TPSA) is 97.6 Å². The molecule has 0 aromatic heterocycles. The minimum absolute atomic E-state index is 0.224. The smallest absolute Gasteiger partial charge is 0.307 e. The molecule has 1 aromatic carbocycles. The zero-order valence-corrected chi connectivity index (χ0v) is 20.2. The summed E-state index contributed by atoms with van der Waals surface area (Å²) in [5.41, 5.74) is 5.71. The number of nitrogens with one attached hydrogen (secondary N) is 2. The van der Waals surface area contributed by atoms with Gasteiger partial charge in [0.1, 0.15) is 0 Å². The summed E-state index contributed by atoms with van der Waals surface area (Å²) in [6, 6.07) is 2.32. The Balaban J connectivity index is 1.36. The highest BCUT2D eigenvalue weighted by atomic mass is 32.2. The van der Waals surface area contributed by atoms with Gasteiger partial charge < -0.3 is 5.32 Å². The van der Waals surface area contributed by atoms with Crippen molar-refractivity contribution in [2.75, 3.05) is 11.9 Å². The maximum atomic E-state index is 13.4. The molecule has 1 aliphatic heterocycles. The fraction of sp³-hybridized carbons (Fsp3) is 0.600. The van der Waals surface area contributed by atoms with Gasteiger partial charge in [0.2, 0.25) is 6.19 Å². The molecule has 2 amide bonds. The molecule has 8 heteroatoms. The Morgan fingerprint density at radius 2 is 1.88 bits per heavy atom. The summed E-state index contributed by atoms with van der Waals surface area (Å²) in [7, 11) is -3.36. The zero-order valence-electron chi connectivity index (χ0n) is 19.4. The molecule has 5 rings (SSSR count). The number of anilines is 1. The number of amides is 2.